The first-order valence-electron chi connectivity index (χ1n) is 8.83. The van der Waals surface area contributed by atoms with Gasteiger partial charge in [-0.3, -0.25) is 0 Å². The molecule has 0 radical (unpaired) electrons. The zero-order valence-corrected chi connectivity index (χ0v) is 10.3. The highest BCUT2D eigenvalue weighted by atomic mass is 16.7. The van der Waals surface area contributed by atoms with Crippen LogP contribution in [0.25, 0.3) is 0 Å². The van der Waals surface area contributed by atoms with E-state index < -0.39 is 55.3 Å². The first-order chi connectivity index (χ1) is 10.7. The van der Waals surface area contributed by atoms with Gasteiger partial charge in [0, 0.05) is 0 Å². The summed E-state index contributed by atoms with van der Waals surface area (Å²) in [6.07, 6.45) is 0. The van der Waals surface area contributed by atoms with Crippen molar-refractivity contribution in [2.45, 2.75) is 38.9 Å². The molecule has 0 aromatic heterocycles. The highest BCUT2D eigenvalue weighted by Gasteiger charge is 2.51. The lowest BCUT2D eigenvalue weighted by Gasteiger charge is -2.32. The Morgan fingerprint density at radius 3 is 2.47 bits per heavy atom. The summed E-state index contributed by atoms with van der Waals surface area (Å²) in [5, 5.41) is 0. The fourth-order valence-corrected chi connectivity index (χ4v) is 1.47. The molecule has 0 spiro atoms. The fraction of sp³-hybridized carbons (Fsp3) is 0.538. The van der Waals surface area contributed by atoms with Gasteiger partial charge in [-0.25, -0.2) is 0 Å². The van der Waals surface area contributed by atoms with E-state index in [2.05, 4.69) is 0 Å². The van der Waals surface area contributed by atoms with Crippen molar-refractivity contribution < 1.29 is 23.6 Å². The van der Waals surface area contributed by atoms with Gasteiger partial charge in [0.05, 0.1) is 27.8 Å². The van der Waals surface area contributed by atoms with E-state index in [1.54, 1.807) is 27.7 Å². The molecule has 0 N–H and O–H groups in total. The number of hydrogen-bond acceptors (Lipinski definition) is 3. The molecule has 1 heterocycles. The summed E-state index contributed by atoms with van der Waals surface area (Å²) in [6, 6.07) is -2.08. The Morgan fingerprint density at radius 1 is 1.24 bits per heavy atom. The molecule has 2 rings (SSSR count). The highest BCUT2D eigenvalue weighted by molar-refractivity contribution is 6.62. The van der Waals surface area contributed by atoms with E-state index in [1.165, 1.54) is 0 Å². The van der Waals surface area contributed by atoms with E-state index in [4.69, 9.17) is 23.6 Å². The van der Waals surface area contributed by atoms with Crippen LogP contribution in [0.2, 0.25) is 0 Å². The molecule has 92 valence electrons. The Bertz CT molecular complexity index is 657. The molecule has 1 aliphatic heterocycles. The maximum absolute atomic E-state index is 8.17. The zero-order chi connectivity index (χ0) is 18.7. The van der Waals surface area contributed by atoms with Crippen LogP contribution in [0, 0.1) is 0 Å². The van der Waals surface area contributed by atoms with E-state index in [1.807, 2.05) is 0 Å². The largest absolute Gasteiger partial charge is 0.497 e. The van der Waals surface area contributed by atoms with Gasteiger partial charge in [-0.05, 0) is 45.2 Å². The summed E-state index contributed by atoms with van der Waals surface area (Å²) < 4.78 is 69.7. The lowest BCUT2D eigenvalue weighted by atomic mass is 9.79. The summed E-state index contributed by atoms with van der Waals surface area (Å²) in [6.45, 7) is 7.17. The maximum atomic E-state index is 8.17. The average molecular weight is 241 g/mol. The molecule has 17 heavy (non-hydrogen) atoms. The second kappa shape index (κ2) is 4.04. The Balaban J connectivity index is 2.60. The third kappa shape index (κ3) is 2.19. The van der Waals surface area contributed by atoms with Gasteiger partial charge in [0.1, 0.15) is 5.75 Å². The van der Waals surface area contributed by atoms with E-state index in [-0.39, 0.29) is 5.46 Å². The molecule has 1 aromatic rings. The van der Waals surface area contributed by atoms with Crippen molar-refractivity contribution >= 4 is 12.6 Å². The highest BCUT2D eigenvalue weighted by Crippen LogP contribution is 2.36. The van der Waals surface area contributed by atoms with Crippen LogP contribution in [0.1, 0.15) is 37.3 Å². The summed E-state index contributed by atoms with van der Waals surface area (Å²) >= 11 is 0. The molecule has 4 heteroatoms. The molecule has 1 aromatic carbocycles. The lowest BCUT2D eigenvalue weighted by molar-refractivity contribution is 0.00578. The predicted octanol–water partition coefficient (Wildman–Crippen LogP) is 1.99. The minimum absolute atomic E-state index is 0.117. The van der Waals surface area contributed by atoms with Crippen LogP contribution in [-0.4, -0.2) is 25.4 Å². The van der Waals surface area contributed by atoms with Crippen molar-refractivity contribution in [3.8, 4) is 5.75 Å². The Morgan fingerprint density at radius 2 is 1.88 bits per heavy atom. The van der Waals surface area contributed by atoms with E-state index in [0.29, 0.717) is 0 Å². The van der Waals surface area contributed by atoms with Crippen LogP contribution < -0.4 is 10.2 Å². The SMILES string of the molecule is [2H]c1c([2H])c(OC([2H])([2H])[2H])c([2H])c(B2OC(C)(C)C(C)(C)O2)c1[2H]. The number of hydrogen-bond donors (Lipinski definition) is 0. The third-order valence-corrected chi connectivity index (χ3v) is 3.21. The molecule has 0 unspecified atom stereocenters. The summed E-state index contributed by atoms with van der Waals surface area (Å²) in [5.41, 5.74) is -1.58. The van der Waals surface area contributed by atoms with Crippen LogP contribution in [-0.2, 0) is 9.31 Å². The first kappa shape index (κ1) is 6.25. The normalized spacial score (nSPS) is 28.2. The van der Waals surface area contributed by atoms with Crippen molar-refractivity contribution in [2.24, 2.45) is 0 Å². The standard InChI is InChI=1S/C13H19BO3/c1-12(2)13(3,4)17-14(16-12)10-7-6-8-11(9-10)15-5/h6-9H,1-5H3/i5D3,6D,7D,8D,9D. The minimum Gasteiger partial charge on any atom is -0.497 e. The van der Waals surface area contributed by atoms with Gasteiger partial charge in [-0.2, -0.15) is 0 Å². The van der Waals surface area contributed by atoms with Crippen LogP contribution in [0.3, 0.4) is 0 Å². The Labute approximate surface area is 113 Å². The molecular formula is C13H19BO3. The molecule has 0 aliphatic carbocycles. The number of methoxy groups -OCH3 is 1. The fourth-order valence-electron chi connectivity index (χ4n) is 1.47. The van der Waals surface area contributed by atoms with Crippen molar-refractivity contribution in [1.29, 1.82) is 0 Å². The molecule has 0 amide bonds. The van der Waals surface area contributed by atoms with Gasteiger partial charge >= 0.3 is 7.12 Å². The predicted molar refractivity (Wildman–Crippen MR) is 68.7 cm³/mol. The van der Waals surface area contributed by atoms with Crippen molar-refractivity contribution in [3.63, 3.8) is 0 Å². The van der Waals surface area contributed by atoms with Gasteiger partial charge < -0.3 is 14.0 Å². The van der Waals surface area contributed by atoms with Gasteiger partial charge in [0.25, 0.3) is 0 Å². The van der Waals surface area contributed by atoms with Crippen molar-refractivity contribution in [3.05, 3.63) is 24.2 Å². The monoisotopic (exact) mass is 241 g/mol. The van der Waals surface area contributed by atoms with Crippen LogP contribution >= 0.6 is 0 Å². The summed E-state index contributed by atoms with van der Waals surface area (Å²) in [5.74, 6) is -0.583. The van der Waals surface area contributed by atoms with E-state index in [9.17, 15) is 0 Å². The van der Waals surface area contributed by atoms with Crippen LogP contribution in [0.5, 0.6) is 5.75 Å². The van der Waals surface area contributed by atoms with Crippen molar-refractivity contribution in [1.82, 2.24) is 0 Å². The Hall–Kier alpha value is -0.995. The molecule has 3 nitrogen and oxygen atoms in total. The number of ether oxygens (including phenoxy) is 1. The molecule has 1 fully saturated rings. The van der Waals surface area contributed by atoms with E-state index >= 15 is 0 Å². The van der Waals surface area contributed by atoms with Gasteiger partial charge in [-0.15, -0.1) is 0 Å². The second-order valence-corrected chi connectivity index (χ2v) is 4.93. The quantitative estimate of drug-likeness (QED) is 0.741. The lowest BCUT2D eigenvalue weighted by Crippen LogP contribution is -2.41. The topological polar surface area (TPSA) is 27.7 Å². The van der Waals surface area contributed by atoms with E-state index in [0.717, 1.165) is 0 Å². The number of benzene rings is 1. The van der Waals surface area contributed by atoms with Crippen LogP contribution in [0.4, 0.5) is 0 Å². The average Bonchev–Trinajstić information content (AvgIpc) is 2.60. The van der Waals surface area contributed by atoms with Gasteiger partial charge in [0.2, 0.25) is 0 Å². The molecule has 0 bridgehead atoms. The minimum atomic E-state index is -2.88. The van der Waals surface area contributed by atoms with Gasteiger partial charge in [-0.1, -0.05) is 12.1 Å². The third-order valence-electron chi connectivity index (χ3n) is 3.21. The summed E-state index contributed by atoms with van der Waals surface area (Å²) in [7, 11) is -4.01. The molecule has 0 saturated carbocycles. The summed E-state index contributed by atoms with van der Waals surface area (Å²) in [4.78, 5) is 0. The van der Waals surface area contributed by atoms with Gasteiger partial charge in [0.15, 0.2) is 0 Å². The number of rotatable bonds is 2. The molecular weight excluding hydrogens is 215 g/mol. The van der Waals surface area contributed by atoms with Crippen molar-refractivity contribution in [2.75, 3.05) is 7.04 Å². The maximum Gasteiger partial charge on any atom is 0.494 e. The van der Waals surface area contributed by atoms with Crippen LogP contribution in [0.15, 0.2) is 24.2 Å². The molecule has 0 atom stereocenters. The first-order valence-corrected chi connectivity index (χ1v) is 5.33. The molecule has 1 aliphatic rings. The zero-order valence-electron chi connectivity index (χ0n) is 17.3. The second-order valence-electron chi connectivity index (χ2n) is 4.93. The Kier molecular flexibility index (Phi) is 1.48. The smallest absolute Gasteiger partial charge is 0.494 e. The molecule has 1 saturated heterocycles.